The molecule has 0 aliphatic heterocycles. The molecule has 1 fully saturated rings. The van der Waals surface area contributed by atoms with Crippen LogP contribution < -0.4 is 11.1 Å². The molecule has 1 aliphatic carbocycles. The average molecular weight is 301 g/mol. The molecule has 1 saturated carbocycles. The summed E-state index contributed by atoms with van der Waals surface area (Å²) in [6, 6.07) is 4.02. The fourth-order valence-electron chi connectivity index (χ4n) is 2.33. The van der Waals surface area contributed by atoms with Crippen molar-refractivity contribution in [3.8, 4) is 0 Å². The third-order valence-corrected chi connectivity index (χ3v) is 3.83. The van der Waals surface area contributed by atoms with Crippen LogP contribution in [-0.4, -0.2) is 30.7 Å². The maximum absolute atomic E-state index is 13.6. The van der Waals surface area contributed by atoms with Gasteiger partial charge in [0.1, 0.15) is 5.82 Å². The highest BCUT2D eigenvalue weighted by molar-refractivity contribution is 6.31. The van der Waals surface area contributed by atoms with Gasteiger partial charge >= 0.3 is 0 Å². The van der Waals surface area contributed by atoms with Gasteiger partial charge in [-0.15, -0.1) is 0 Å². The summed E-state index contributed by atoms with van der Waals surface area (Å²) in [7, 11) is 0. The fraction of sp³-hybridized carbons (Fsp3) is 0.500. The summed E-state index contributed by atoms with van der Waals surface area (Å²) in [6.07, 6.45) is 0.558. The Hall–Kier alpha value is -1.17. The van der Waals surface area contributed by atoms with Gasteiger partial charge < -0.3 is 15.8 Å². The van der Waals surface area contributed by atoms with E-state index in [1.807, 2.05) is 6.92 Å². The molecule has 0 radical (unpaired) electrons. The van der Waals surface area contributed by atoms with Crippen LogP contribution in [0.3, 0.4) is 0 Å². The van der Waals surface area contributed by atoms with E-state index in [4.69, 9.17) is 22.1 Å². The number of amides is 1. The summed E-state index contributed by atoms with van der Waals surface area (Å²) in [5, 5.41) is 3.04. The van der Waals surface area contributed by atoms with Crippen molar-refractivity contribution in [1.82, 2.24) is 5.32 Å². The summed E-state index contributed by atoms with van der Waals surface area (Å²) >= 11 is 5.90. The average Bonchev–Trinajstić information content (AvgIpc) is 2.40. The Balaban J connectivity index is 1.96. The van der Waals surface area contributed by atoms with Crippen LogP contribution in [0.2, 0.25) is 5.02 Å². The van der Waals surface area contributed by atoms with E-state index in [9.17, 15) is 9.18 Å². The van der Waals surface area contributed by atoms with Gasteiger partial charge in [-0.05, 0) is 25.5 Å². The first-order valence-corrected chi connectivity index (χ1v) is 7.00. The van der Waals surface area contributed by atoms with Crippen LogP contribution in [0.1, 0.15) is 18.9 Å². The minimum atomic E-state index is -0.480. The Kier molecular flexibility index (Phi) is 4.96. The normalized spacial score (nSPS) is 25.1. The van der Waals surface area contributed by atoms with E-state index in [0.717, 1.165) is 6.42 Å². The number of hydrogen-bond acceptors (Lipinski definition) is 3. The summed E-state index contributed by atoms with van der Waals surface area (Å²) < 4.78 is 19.1. The van der Waals surface area contributed by atoms with Crippen LogP contribution in [0, 0.1) is 5.82 Å². The molecule has 2 rings (SSSR count). The van der Waals surface area contributed by atoms with E-state index < -0.39 is 5.82 Å². The Morgan fingerprint density at radius 1 is 1.60 bits per heavy atom. The predicted molar refractivity (Wildman–Crippen MR) is 75.1 cm³/mol. The summed E-state index contributed by atoms with van der Waals surface area (Å²) in [5.74, 6) is -0.784. The Morgan fingerprint density at radius 2 is 2.35 bits per heavy atom. The first-order valence-electron chi connectivity index (χ1n) is 6.62. The van der Waals surface area contributed by atoms with Crippen LogP contribution in [0.25, 0.3) is 0 Å². The Bertz CT molecular complexity index is 476. The first-order chi connectivity index (χ1) is 9.52. The second kappa shape index (κ2) is 6.52. The number of hydrogen-bond donors (Lipinski definition) is 2. The van der Waals surface area contributed by atoms with E-state index in [2.05, 4.69) is 5.32 Å². The lowest BCUT2D eigenvalue weighted by Gasteiger charge is -2.42. The molecular formula is C14H18ClFN2O2. The highest BCUT2D eigenvalue weighted by Gasteiger charge is 2.40. The van der Waals surface area contributed by atoms with Gasteiger partial charge in [0.25, 0.3) is 0 Å². The third-order valence-electron chi connectivity index (χ3n) is 3.47. The van der Waals surface area contributed by atoms with Gasteiger partial charge in [-0.3, -0.25) is 4.79 Å². The number of ether oxygens (including phenoxy) is 1. The van der Waals surface area contributed by atoms with Crippen LogP contribution in [-0.2, 0) is 16.0 Å². The molecule has 1 amide bonds. The molecule has 0 spiro atoms. The van der Waals surface area contributed by atoms with Crippen molar-refractivity contribution in [1.29, 1.82) is 0 Å². The van der Waals surface area contributed by atoms with Gasteiger partial charge in [-0.2, -0.15) is 0 Å². The van der Waals surface area contributed by atoms with E-state index in [1.165, 1.54) is 12.1 Å². The summed E-state index contributed by atoms with van der Waals surface area (Å²) in [5.41, 5.74) is 6.05. The molecule has 0 saturated heterocycles. The molecule has 110 valence electrons. The van der Waals surface area contributed by atoms with Crippen molar-refractivity contribution in [2.75, 3.05) is 6.61 Å². The maximum atomic E-state index is 13.6. The van der Waals surface area contributed by atoms with Crippen LogP contribution in [0.5, 0.6) is 0 Å². The quantitative estimate of drug-likeness (QED) is 0.869. The second-order valence-corrected chi connectivity index (χ2v) is 5.27. The predicted octanol–water partition coefficient (Wildman–Crippen LogP) is 1.64. The van der Waals surface area contributed by atoms with Crippen LogP contribution in [0.15, 0.2) is 18.2 Å². The molecule has 3 unspecified atom stereocenters. The number of carbonyl (C=O) groups is 1. The molecular weight excluding hydrogens is 283 g/mol. The molecule has 3 N–H and O–H groups in total. The third kappa shape index (κ3) is 3.29. The Morgan fingerprint density at radius 3 is 2.95 bits per heavy atom. The molecule has 1 aromatic rings. The largest absolute Gasteiger partial charge is 0.376 e. The molecule has 0 aromatic heterocycles. The van der Waals surface area contributed by atoms with Crippen molar-refractivity contribution in [3.05, 3.63) is 34.6 Å². The number of carbonyl (C=O) groups excluding carboxylic acids is 1. The van der Waals surface area contributed by atoms with Crippen molar-refractivity contribution in [2.24, 2.45) is 5.73 Å². The number of halogens is 2. The minimum absolute atomic E-state index is 0.0601. The van der Waals surface area contributed by atoms with Crippen molar-refractivity contribution in [3.63, 3.8) is 0 Å². The van der Waals surface area contributed by atoms with Crippen molar-refractivity contribution >= 4 is 17.5 Å². The monoisotopic (exact) mass is 300 g/mol. The van der Waals surface area contributed by atoms with E-state index in [1.54, 1.807) is 6.07 Å². The lowest BCUT2D eigenvalue weighted by molar-refractivity contribution is -0.125. The second-order valence-electron chi connectivity index (χ2n) is 4.86. The first kappa shape index (κ1) is 15.2. The smallest absolute Gasteiger partial charge is 0.224 e. The Labute approximate surface area is 122 Å². The summed E-state index contributed by atoms with van der Waals surface area (Å²) in [6.45, 7) is 2.46. The van der Waals surface area contributed by atoms with Crippen LogP contribution >= 0.6 is 11.6 Å². The van der Waals surface area contributed by atoms with Crippen molar-refractivity contribution < 1.29 is 13.9 Å². The number of nitrogens with one attached hydrogen (secondary N) is 1. The van der Waals surface area contributed by atoms with Gasteiger partial charge in [0.2, 0.25) is 5.91 Å². The number of nitrogens with two attached hydrogens (primary N) is 1. The molecule has 20 heavy (non-hydrogen) atoms. The molecule has 1 aromatic carbocycles. The zero-order valence-electron chi connectivity index (χ0n) is 11.2. The molecule has 1 aliphatic rings. The minimum Gasteiger partial charge on any atom is -0.376 e. The number of benzene rings is 1. The summed E-state index contributed by atoms with van der Waals surface area (Å²) in [4.78, 5) is 12.0. The molecule has 6 heteroatoms. The fourth-order valence-corrected chi connectivity index (χ4v) is 2.56. The lowest BCUT2D eigenvalue weighted by Crippen LogP contribution is -2.65. The van der Waals surface area contributed by atoms with E-state index in [0.29, 0.717) is 6.61 Å². The molecule has 0 bridgehead atoms. The highest BCUT2D eigenvalue weighted by atomic mass is 35.5. The SMILES string of the molecule is CCOC1CC(N)C1NC(=O)Cc1c(F)cccc1Cl. The molecule has 0 heterocycles. The lowest BCUT2D eigenvalue weighted by atomic mass is 9.83. The highest BCUT2D eigenvalue weighted by Crippen LogP contribution is 2.23. The topological polar surface area (TPSA) is 64.3 Å². The van der Waals surface area contributed by atoms with Crippen LogP contribution in [0.4, 0.5) is 4.39 Å². The van der Waals surface area contributed by atoms with Gasteiger partial charge in [0.15, 0.2) is 0 Å². The number of rotatable bonds is 5. The van der Waals surface area contributed by atoms with E-state index in [-0.39, 0.29) is 41.1 Å². The van der Waals surface area contributed by atoms with Gasteiger partial charge in [0, 0.05) is 23.2 Å². The van der Waals surface area contributed by atoms with E-state index >= 15 is 0 Å². The zero-order valence-corrected chi connectivity index (χ0v) is 12.0. The molecule has 4 nitrogen and oxygen atoms in total. The molecule has 3 atom stereocenters. The van der Waals surface area contributed by atoms with Gasteiger partial charge in [-0.25, -0.2) is 4.39 Å². The zero-order chi connectivity index (χ0) is 14.7. The maximum Gasteiger partial charge on any atom is 0.224 e. The van der Waals surface area contributed by atoms with Gasteiger partial charge in [-0.1, -0.05) is 17.7 Å². The van der Waals surface area contributed by atoms with Gasteiger partial charge in [0.05, 0.1) is 18.6 Å². The standard InChI is InChI=1S/C14H18ClFN2O2/c1-2-20-12-7-11(17)14(12)18-13(19)6-8-9(15)4-3-5-10(8)16/h3-5,11-12,14H,2,6-7,17H2,1H3,(H,18,19). The van der Waals surface area contributed by atoms with Crippen molar-refractivity contribution in [2.45, 2.75) is 38.0 Å².